The average molecular weight is 962 g/mol. The van der Waals surface area contributed by atoms with Gasteiger partial charge in [-0.3, -0.25) is 0 Å². The zero-order valence-corrected chi connectivity index (χ0v) is 30.3. The minimum atomic E-state index is -7.22. The fourth-order valence-corrected chi connectivity index (χ4v) is 6.46. The summed E-state index contributed by atoms with van der Waals surface area (Å²) in [4.78, 5) is 14.8. The smallest absolute Gasteiger partial charge is 0.368 e. The quantitative estimate of drug-likeness (QED) is 0.0408. The molecule has 0 amide bonds. The topological polar surface area (TPSA) is 43.1 Å². The number of halogens is 23. The lowest BCUT2D eigenvalue weighted by atomic mass is 9.12. The number of aromatic nitrogens is 2. The Hall–Kier alpha value is -6.90. The van der Waals surface area contributed by atoms with E-state index in [1.807, 2.05) is 30.3 Å². The van der Waals surface area contributed by atoms with Crippen LogP contribution in [0.3, 0.4) is 0 Å². The van der Waals surface area contributed by atoms with Crippen molar-refractivity contribution in [3.8, 4) is 0 Å². The summed E-state index contributed by atoms with van der Waals surface area (Å²) in [7, 11) is 0. The molecule has 0 unspecified atom stereocenters. The van der Waals surface area contributed by atoms with Gasteiger partial charge in [0.25, 0.3) is 0 Å². The van der Waals surface area contributed by atoms with Crippen molar-refractivity contribution in [3.63, 3.8) is 0 Å². The van der Waals surface area contributed by atoms with Gasteiger partial charge in [-0.2, -0.15) is 4.57 Å². The highest BCUT2D eigenvalue weighted by Crippen LogP contribution is 2.31. The Kier molecular flexibility index (Phi) is 13.6. The van der Waals surface area contributed by atoms with Crippen molar-refractivity contribution in [2.45, 2.75) is 12.9 Å². The molecule has 0 radical (unpaired) electrons. The van der Waals surface area contributed by atoms with E-state index in [-0.39, 0.29) is 0 Å². The average Bonchev–Trinajstić information content (AvgIpc) is 3.26. The molecular formula is C37H10BF23N2O2. The Labute approximate surface area is 343 Å². The van der Waals surface area contributed by atoms with Crippen LogP contribution in [0, 0.1) is 116 Å². The van der Waals surface area contributed by atoms with Crippen LogP contribution in [-0.4, -0.2) is 23.5 Å². The lowest BCUT2D eigenvalue weighted by Crippen LogP contribution is -2.81. The van der Waals surface area contributed by atoms with E-state index in [9.17, 15) is 70.7 Å². The molecule has 0 bridgehead atoms. The Balaban J connectivity index is 0.000000330. The normalized spacial score (nSPS) is 11.7. The first-order valence-corrected chi connectivity index (χ1v) is 16.6. The number of esters is 1. The van der Waals surface area contributed by atoms with E-state index in [4.69, 9.17) is 0 Å². The lowest BCUT2D eigenvalue weighted by Gasteiger charge is -2.44. The number of carbonyl (C=O) groups is 1. The van der Waals surface area contributed by atoms with Crippen LogP contribution in [0.2, 0.25) is 0 Å². The highest BCUT2D eigenvalue weighted by molar-refractivity contribution is 7.20. The van der Waals surface area contributed by atoms with Crippen molar-refractivity contribution in [1.82, 2.24) is 4.98 Å². The Morgan fingerprint density at radius 1 is 0.462 bits per heavy atom. The molecular weight excluding hydrogens is 952 g/mol. The van der Waals surface area contributed by atoms with Gasteiger partial charge in [-0.1, -0.05) is 30.3 Å². The van der Waals surface area contributed by atoms with Gasteiger partial charge in [-0.05, 0) is 0 Å². The highest BCUT2D eigenvalue weighted by Gasteiger charge is 2.52. The second-order valence-corrected chi connectivity index (χ2v) is 12.7. The number of benzene rings is 5. The molecule has 0 spiro atoms. The van der Waals surface area contributed by atoms with Gasteiger partial charge in [0.15, 0.2) is 82.5 Å². The van der Waals surface area contributed by atoms with Gasteiger partial charge < -0.3 is 4.74 Å². The van der Waals surface area contributed by atoms with Gasteiger partial charge in [-0.25, -0.2) is 97.6 Å². The zero-order valence-electron chi connectivity index (χ0n) is 30.3. The van der Waals surface area contributed by atoms with E-state index >= 15 is 35.1 Å². The molecule has 65 heavy (non-hydrogen) atoms. The molecule has 1 heterocycles. The molecule has 0 saturated heterocycles. The third kappa shape index (κ3) is 8.35. The van der Waals surface area contributed by atoms with Crippen LogP contribution >= 0.6 is 0 Å². The molecule has 5 aromatic carbocycles. The van der Waals surface area contributed by atoms with Crippen molar-refractivity contribution in [2.75, 3.05) is 0 Å². The van der Waals surface area contributed by atoms with E-state index in [2.05, 4.69) is 9.72 Å². The van der Waals surface area contributed by atoms with Crippen molar-refractivity contribution >= 4 is 34.0 Å². The summed E-state index contributed by atoms with van der Waals surface area (Å²) in [6.07, 6.45) is -8.22. The maximum Gasteiger partial charge on any atom is 0.575 e. The monoisotopic (exact) mass is 962 g/mol. The van der Waals surface area contributed by atoms with Gasteiger partial charge >= 0.3 is 12.3 Å². The Bertz CT molecular complexity index is 2510. The van der Waals surface area contributed by atoms with Crippen LogP contribution in [0.15, 0.2) is 48.9 Å². The first kappa shape index (κ1) is 49.1. The Morgan fingerprint density at radius 3 is 1.02 bits per heavy atom. The van der Waals surface area contributed by atoms with Crippen LogP contribution in [0.4, 0.5) is 101 Å². The molecule has 0 saturated carbocycles. The summed E-state index contributed by atoms with van der Waals surface area (Å²) in [5, 5.41) is 0. The maximum atomic E-state index is 15.4. The highest BCUT2D eigenvalue weighted by atomic mass is 19.4. The first-order chi connectivity index (χ1) is 30.1. The largest absolute Gasteiger partial charge is 0.575 e. The summed E-state index contributed by atoms with van der Waals surface area (Å²) in [6.45, 7) is 0.412. The predicted molar refractivity (Wildman–Crippen MR) is 171 cm³/mol. The van der Waals surface area contributed by atoms with Crippen LogP contribution in [0.5, 0.6) is 0 Å². The summed E-state index contributed by atoms with van der Waals surface area (Å²) in [6, 6.07) is 9.26. The third-order valence-electron chi connectivity index (χ3n) is 9.09. The number of nitrogens with zero attached hydrogens (tertiary/aromatic N) is 2. The SMILES string of the molecule is Fc1c(F)c(F)c([B-](c2c(F)c(F)c(F)c(F)c2F)(c2c(F)c(F)c(F)c(F)c2F)c2c(F)c(F)c(F)c(F)c2F)c(F)c1F.O=C(OC(F)(F)F)c1c[n+](Cc2ccccc2)ccn1. The molecule has 1 aromatic heterocycles. The number of rotatable bonds is 7. The van der Waals surface area contributed by atoms with Crippen LogP contribution in [0.25, 0.3) is 0 Å². The van der Waals surface area contributed by atoms with Gasteiger partial charge in [0.2, 0.25) is 11.9 Å². The number of alkyl halides is 3. The van der Waals surface area contributed by atoms with Crippen LogP contribution < -0.4 is 26.4 Å². The minimum Gasteiger partial charge on any atom is -0.368 e. The van der Waals surface area contributed by atoms with E-state index in [0.29, 0.717) is 6.54 Å². The van der Waals surface area contributed by atoms with Crippen LogP contribution in [-0.2, 0) is 11.3 Å². The number of ether oxygens (including phenoxy) is 1. The molecule has 0 aliphatic rings. The molecule has 0 aliphatic heterocycles. The molecule has 0 atom stereocenters. The van der Waals surface area contributed by atoms with Crippen LogP contribution in [0.1, 0.15) is 16.1 Å². The fourth-order valence-electron chi connectivity index (χ4n) is 6.46. The summed E-state index contributed by atoms with van der Waals surface area (Å²) in [5.74, 6) is -72.9. The first-order valence-electron chi connectivity index (χ1n) is 16.6. The molecule has 0 N–H and O–H groups in total. The van der Waals surface area contributed by atoms with E-state index in [1.165, 1.54) is 12.4 Å². The summed E-state index contributed by atoms with van der Waals surface area (Å²) < 4.78 is 335. The van der Waals surface area contributed by atoms with Gasteiger partial charge in [0, 0.05) is 5.56 Å². The molecule has 4 nitrogen and oxygen atoms in total. The van der Waals surface area contributed by atoms with Gasteiger partial charge in [0.05, 0.1) is 6.20 Å². The van der Waals surface area contributed by atoms with E-state index in [0.717, 1.165) is 5.56 Å². The van der Waals surface area contributed by atoms with Crippen molar-refractivity contribution < 1.29 is 115 Å². The van der Waals surface area contributed by atoms with E-state index < -0.39 is 162 Å². The zero-order chi connectivity index (χ0) is 48.9. The van der Waals surface area contributed by atoms with Crippen molar-refractivity contribution in [2.24, 2.45) is 0 Å². The number of hydrogen-bond donors (Lipinski definition) is 0. The molecule has 6 rings (SSSR count). The van der Waals surface area contributed by atoms with E-state index in [1.54, 1.807) is 10.8 Å². The fraction of sp³-hybridized carbons (Fsp3) is 0.0541. The number of carbonyl (C=O) groups excluding carboxylic acids is 1. The Morgan fingerprint density at radius 2 is 0.738 bits per heavy atom. The molecule has 0 fully saturated rings. The molecule has 344 valence electrons. The third-order valence-corrected chi connectivity index (χ3v) is 9.09. The molecule has 28 heteroatoms. The standard InChI is InChI=1S/C24BF20.C13H10F3N2O2/c26-5-1(6(27)14(35)21(42)13(5)34)25(2-7(28)15(36)22(43)16(37)8(2)29,3-9(30)17(38)23(44)18(39)10(3)31)4-11(32)19(40)24(45)20(41)12(4)33;14-13(15,16)20-12(19)11-9-18(7-6-17-11)8-10-4-2-1-3-5-10/h;1-7,9H,8H2/q-1;+1. The minimum absolute atomic E-state index is 0.402. The van der Waals surface area contributed by atoms with Crippen molar-refractivity contribution in [3.05, 3.63) is 177 Å². The predicted octanol–water partition coefficient (Wildman–Crippen LogP) is 7.94. The summed E-state index contributed by atoms with van der Waals surface area (Å²) in [5.41, 5.74) is -13.8. The second kappa shape index (κ2) is 17.9. The van der Waals surface area contributed by atoms with Gasteiger partial charge in [0.1, 0.15) is 52.7 Å². The lowest BCUT2D eigenvalue weighted by molar-refractivity contribution is -0.689. The molecule has 0 aliphatic carbocycles. The second-order valence-electron chi connectivity index (χ2n) is 12.7. The maximum absolute atomic E-state index is 15.4. The summed E-state index contributed by atoms with van der Waals surface area (Å²) >= 11 is 0. The number of hydrogen-bond acceptors (Lipinski definition) is 3. The van der Waals surface area contributed by atoms with Gasteiger partial charge in [-0.15, -0.1) is 35.0 Å². The van der Waals surface area contributed by atoms with Crippen molar-refractivity contribution in [1.29, 1.82) is 0 Å². The molecule has 6 aromatic rings.